The summed E-state index contributed by atoms with van der Waals surface area (Å²) < 4.78 is 0. The van der Waals surface area contributed by atoms with Crippen molar-refractivity contribution in [3.8, 4) is 5.69 Å². The Kier molecular flexibility index (Phi) is 4.43. The second-order valence-electron chi connectivity index (χ2n) is 5.44. The van der Waals surface area contributed by atoms with E-state index in [1.807, 2.05) is 0 Å². The number of nitro groups is 5. The smallest absolute Gasteiger partial charge is 0.258 e. The van der Waals surface area contributed by atoms with E-state index >= 15 is 0 Å². The molecule has 0 saturated heterocycles. The highest BCUT2D eigenvalue weighted by Gasteiger charge is 2.34. The quantitative estimate of drug-likeness (QED) is 0.410. The van der Waals surface area contributed by atoms with Gasteiger partial charge in [-0.25, -0.2) is 0 Å². The van der Waals surface area contributed by atoms with Crippen LogP contribution in [0.15, 0.2) is 24.3 Å². The van der Waals surface area contributed by atoms with E-state index in [0.29, 0.717) is 23.0 Å². The molecule has 0 radical (unpaired) electrons. The van der Waals surface area contributed by atoms with Gasteiger partial charge in [-0.1, -0.05) is 0 Å². The Balaban J connectivity index is 2.43. The van der Waals surface area contributed by atoms with Crippen LogP contribution in [0.5, 0.6) is 0 Å². The molecule has 18 heteroatoms. The van der Waals surface area contributed by atoms with Crippen LogP contribution in [-0.4, -0.2) is 39.6 Å². The Morgan fingerprint density at radius 1 is 0.600 bits per heavy atom. The van der Waals surface area contributed by atoms with E-state index in [0.717, 1.165) is 6.07 Å². The minimum absolute atomic E-state index is 0.293. The van der Waals surface area contributed by atoms with Crippen LogP contribution in [0.4, 0.5) is 28.4 Å². The highest BCUT2D eigenvalue weighted by Crippen LogP contribution is 2.37. The van der Waals surface area contributed by atoms with Crippen LogP contribution in [0, 0.1) is 50.6 Å². The van der Waals surface area contributed by atoms with Crippen LogP contribution in [0.2, 0.25) is 0 Å². The fourth-order valence-corrected chi connectivity index (χ4v) is 2.51. The second-order valence-corrected chi connectivity index (χ2v) is 5.44. The minimum atomic E-state index is -1.17. The predicted octanol–water partition coefficient (Wildman–Crippen LogP) is 1.96. The van der Waals surface area contributed by atoms with E-state index < -0.39 is 69.8 Å². The molecular weight excluding hydrogens is 416 g/mol. The maximum atomic E-state index is 11.4. The maximum absolute atomic E-state index is 11.4. The fraction of sp³-hybridized carbons (Fsp3) is 0. The number of benzene rings is 2. The summed E-state index contributed by atoms with van der Waals surface area (Å²) in [7, 11) is 0. The van der Waals surface area contributed by atoms with Crippen molar-refractivity contribution in [1.29, 1.82) is 0 Å². The molecule has 0 aliphatic rings. The van der Waals surface area contributed by atoms with Crippen LogP contribution in [0.1, 0.15) is 0 Å². The van der Waals surface area contributed by atoms with Crippen molar-refractivity contribution in [2.45, 2.75) is 0 Å². The third-order valence-electron chi connectivity index (χ3n) is 3.72. The molecule has 0 saturated carbocycles. The first-order chi connectivity index (χ1) is 14.0. The topological polar surface area (TPSA) is 246 Å². The molecule has 152 valence electrons. The lowest BCUT2D eigenvalue weighted by Crippen LogP contribution is -2.08. The zero-order chi connectivity index (χ0) is 22.3. The van der Waals surface area contributed by atoms with Gasteiger partial charge in [-0.15, -0.1) is 15.0 Å². The van der Waals surface area contributed by atoms with E-state index in [2.05, 4.69) is 10.2 Å². The third-order valence-corrected chi connectivity index (χ3v) is 3.72. The van der Waals surface area contributed by atoms with Gasteiger partial charge in [-0.3, -0.25) is 50.6 Å². The molecule has 0 amide bonds. The number of non-ortho nitro benzene ring substituents is 3. The van der Waals surface area contributed by atoms with E-state index in [4.69, 9.17) is 0 Å². The number of nitro benzene ring substituents is 5. The van der Waals surface area contributed by atoms with Gasteiger partial charge in [0.05, 0.1) is 42.8 Å². The molecule has 0 unspecified atom stereocenters. The standard InChI is InChI=1S/C12H4N8O10/c21-16(22)5-1-7-11(8(2-5)18(25)26)14-15(13-7)12-9(19(27)28)3-6(17(23)24)4-10(12)20(29)30/h1-4H. The molecule has 1 aromatic heterocycles. The highest BCUT2D eigenvalue weighted by molar-refractivity contribution is 5.87. The van der Waals surface area contributed by atoms with Crippen molar-refractivity contribution in [1.82, 2.24) is 15.0 Å². The van der Waals surface area contributed by atoms with Gasteiger partial charge < -0.3 is 0 Å². The normalized spacial score (nSPS) is 10.7. The van der Waals surface area contributed by atoms with Gasteiger partial charge in [-0.05, 0) is 0 Å². The van der Waals surface area contributed by atoms with Gasteiger partial charge in [0.25, 0.3) is 11.4 Å². The molecule has 0 aliphatic heterocycles. The molecule has 0 bridgehead atoms. The molecule has 3 rings (SSSR count). The van der Waals surface area contributed by atoms with E-state index in [1.165, 1.54) is 0 Å². The average molecular weight is 420 g/mol. The Morgan fingerprint density at radius 3 is 1.47 bits per heavy atom. The number of nitrogens with zero attached hydrogens (tertiary/aromatic N) is 8. The summed E-state index contributed by atoms with van der Waals surface area (Å²) in [5, 5.41) is 63.2. The maximum Gasteiger partial charge on any atom is 0.310 e. The van der Waals surface area contributed by atoms with Gasteiger partial charge in [0.1, 0.15) is 5.52 Å². The van der Waals surface area contributed by atoms with Crippen molar-refractivity contribution in [2.24, 2.45) is 0 Å². The summed E-state index contributed by atoms with van der Waals surface area (Å²) in [6, 6.07) is 2.19. The van der Waals surface area contributed by atoms with Crippen LogP contribution >= 0.6 is 0 Å². The molecule has 0 spiro atoms. The zero-order valence-electron chi connectivity index (χ0n) is 14.0. The van der Waals surface area contributed by atoms with Crippen molar-refractivity contribution in [3.05, 3.63) is 74.8 Å². The molecule has 18 nitrogen and oxygen atoms in total. The van der Waals surface area contributed by atoms with Crippen molar-refractivity contribution in [2.75, 3.05) is 0 Å². The zero-order valence-corrected chi connectivity index (χ0v) is 14.0. The van der Waals surface area contributed by atoms with Gasteiger partial charge in [0, 0.05) is 6.07 Å². The molecule has 0 atom stereocenters. The molecule has 0 fully saturated rings. The highest BCUT2D eigenvalue weighted by atomic mass is 16.6. The van der Waals surface area contributed by atoms with Crippen LogP contribution in [0.3, 0.4) is 0 Å². The molecule has 30 heavy (non-hydrogen) atoms. The first-order valence-electron chi connectivity index (χ1n) is 7.32. The first-order valence-corrected chi connectivity index (χ1v) is 7.32. The number of aromatic nitrogens is 3. The minimum Gasteiger partial charge on any atom is -0.258 e. The number of fused-ring (bicyclic) bond motifs is 1. The first kappa shape index (κ1) is 19.6. The van der Waals surface area contributed by atoms with Crippen LogP contribution in [-0.2, 0) is 0 Å². The van der Waals surface area contributed by atoms with Gasteiger partial charge in [-0.2, -0.15) is 0 Å². The van der Waals surface area contributed by atoms with Gasteiger partial charge in [0.2, 0.25) is 5.69 Å². The molecule has 0 N–H and O–H groups in total. The number of rotatable bonds is 6. The average Bonchev–Trinajstić information content (AvgIpc) is 3.09. The summed E-state index contributed by atoms with van der Waals surface area (Å²) in [6.07, 6.45) is 0. The lowest BCUT2D eigenvalue weighted by Gasteiger charge is -2.03. The summed E-state index contributed by atoms with van der Waals surface area (Å²) in [6.45, 7) is 0. The second kappa shape index (κ2) is 6.78. The van der Waals surface area contributed by atoms with Crippen molar-refractivity contribution in [3.63, 3.8) is 0 Å². The van der Waals surface area contributed by atoms with Crippen molar-refractivity contribution < 1.29 is 24.6 Å². The van der Waals surface area contributed by atoms with Crippen molar-refractivity contribution >= 4 is 39.5 Å². The monoisotopic (exact) mass is 420 g/mol. The SMILES string of the molecule is O=[N+]([O-])c1cc([N+](=O)[O-])c(-n2nc3cc([N+](=O)[O-])cc([N+](=O)[O-])c3n2)c([N+](=O)[O-])c1. The molecule has 1 heterocycles. The van der Waals surface area contributed by atoms with Crippen LogP contribution < -0.4 is 0 Å². The number of hydrogen-bond acceptors (Lipinski definition) is 12. The molecule has 0 aliphatic carbocycles. The number of hydrogen-bond donors (Lipinski definition) is 0. The van der Waals surface area contributed by atoms with Crippen LogP contribution in [0.25, 0.3) is 16.7 Å². The summed E-state index contributed by atoms with van der Waals surface area (Å²) in [4.78, 5) is 50.8. The van der Waals surface area contributed by atoms with Gasteiger partial charge in [0.15, 0.2) is 5.52 Å². The summed E-state index contributed by atoms with van der Waals surface area (Å²) in [5.41, 5.74) is -6.78. The Morgan fingerprint density at radius 2 is 1.03 bits per heavy atom. The fourth-order valence-electron chi connectivity index (χ4n) is 2.51. The summed E-state index contributed by atoms with van der Waals surface area (Å²) in [5.74, 6) is 0. The Labute approximate surface area is 160 Å². The lowest BCUT2D eigenvalue weighted by atomic mass is 10.2. The molecule has 2 aromatic carbocycles. The third kappa shape index (κ3) is 3.15. The van der Waals surface area contributed by atoms with Gasteiger partial charge >= 0.3 is 17.1 Å². The van der Waals surface area contributed by atoms with E-state index in [-0.39, 0.29) is 0 Å². The van der Waals surface area contributed by atoms with E-state index in [9.17, 15) is 50.6 Å². The largest absolute Gasteiger partial charge is 0.310 e. The summed E-state index contributed by atoms with van der Waals surface area (Å²) >= 11 is 0. The lowest BCUT2D eigenvalue weighted by molar-refractivity contribution is -0.402. The molecular formula is C12H4N8O10. The molecule has 3 aromatic rings. The Bertz CT molecular complexity index is 1260. The van der Waals surface area contributed by atoms with E-state index in [1.54, 1.807) is 0 Å². The predicted molar refractivity (Wildman–Crippen MR) is 92.1 cm³/mol. The Hall–Kier alpha value is -5.16.